The van der Waals surface area contributed by atoms with Gasteiger partial charge in [-0.25, -0.2) is 9.97 Å². The Kier molecular flexibility index (Phi) is 4.46. The molecule has 5 nitrogen and oxygen atoms in total. The Balaban J connectivity index is 1.81. The number of rotatable bonds is 3. The summed E-state index contributed by atoms with van der Waals surface area (Å²) >= 11 is 0. The van der Waals surface area contributed by atoms with E-state index in [0.717, 1.165) is 48.5 Å². The minimum atomic E-state index is 0.0209. The van der Waals surface area contributed by atoms with Crippen molar-refractivity contribution in [3.63, 3.8) is 0 Å². The van der Waals surface area contributed by atoms with Crippen molar-refractivity contribution in [3.8, 4) is 0 Å². The molecule has 23 heavy (non-hydrogen) atoms. The van der Waals surface area contributed by atoms with Gasteiger partial charge in [-0.2, -0.15) is 0 Å². The summed E-state index contributed by atoms with van der Waals surface area (Å²) in [7, 11) is 0. The van der Waals surface area contributed by atoms with Gasteiger partial charge in [-0.3, -0.25) is 4.79 Å². The fourth-order valence-corrected chi connectivity index (χ4v) is 3.03. The molecule has 1 N–H and O–H groups in total. The zero-order chi connectivity index (χ0) is 16.4. The van der Waals surface area contributed by atoms with Crippen LogP contribution in [0.15, 0.2) is 24.3 Å². The zero-order valence-corrected chi connectivity index (χ0v) is 14.0. The Hall–Kier alpha value is -2.17. The highest BCUT2D eigenvalue weighted by molar-refractivity contribution is 5.78. The summed E-state index contributed by atoms with van der Waals surface area (Å²) in [5.41, 5.74) is 2.79. The van der Waals surface area contributed by atoms with Gasteiger partial charge in [0, 0.05) is 25.0 Å². The molecule has 1 aliphatic rings. The third kappa shape index (κ3) is 3.44. The number of nitrogens with zero attached hydrogens (tertiary/aromatic N) is 3. The quantitative estimate of drug-likeness (QED) is 0.946. The summed E-state index contributed by atoms with van der Waals surface area (Å²) in [6.07, 6.45) is 2.08. The first kappa shape index (κ1) is 15.7. The normalized spacial score (nSPS) is 18.4. The molecule has 122 valence electrons. The molecule has 1 aromatic carbocycles. The van der Waals surface area contributed by atoms with Crippen LogP contribution in [0, 0.1) is 12.8 Å². The van der Waals surface area contributed by atoms with Crippen LogP contribution < -0.4 is 10.2 Å². The molecule has 0 spiro atoms. The summed E-state index contributed by atoms with van der Waals surface area (Å²) in [6, 6.07) is 8.13. The van der Waals surface area contributed by atoms with Gasteiger partial charge in [0.15, 0.2) is 5.82 Å². The Labute approximate surface area is 137 Å². The number of piperidine rings is 1. The number of amides is 1. The number of nitrogens with one attached hydrogen (secondary N) is 1. The third-order valence-corrected chi connectivity index (χ3v) is 4.31. The van der Waals surface area contributed by atoms with Gasteiger partial charge < -0.3 is 10.2 Å². The highest BCUT2D eigenvalue weighted by Crippen LogP contribution is 2.23. The van der Waals surface area contributed by atoms with Crippen LogP contribution in [0.2, 0.25) is 0 Å². The third-order valence-electron chi connectivity index (χ3n) is 4.31. The minimum absolute atomic E-state index is 0.0209. The van der Waals surface area contributed by atoms with E-state index >= 15 is 0 Å². The maximum Gasteiger partial charge on any atom is 0.222 e. The van der Waals surface area contributed by atoms with Crippen molar-refractivity contribution in [2.45, 2.75) is 39.7 Å². The minimum Gasteiger partial charge on any atom is -0.353 e. The summed E-state index contributed by atoms with van der Waals surface area (Å²) in [5, 5.41) is 3.15. The molecule has 2 aromatic rings. The SMILES string of the molecule is Cc1nc2ccccc2nc1N1CCCC(NC(=O)C(C)C)C1. The lowest BCUT2D eigenvalue weighted by Crippen LogP contribution is -2.49. The molecule has 3 rings (SSSR count). The van der Waals surface area contributed by atoms with E-state index in [2.05, 4.69) is 15.2 Å². The number of aromatic nitrogens is 2. The van der Waals surface area contributed by atoms with E-state index in [1.165, 1.54) is 0 Å². The molecule has 1 saturated heterocycles. The van der Waals surface area contributed by atoms with E-state index in [4.69, 9.17) is 4.98 Å². The second-order valence-electron chi connectivity index (χ2n) is 6.57. The summed E-state index contributed by atoms with van der Waals surface area (Å²) < 4.78 is 0. The predicted octanol–water partition coefficient (Wildman–Crippen LogP) is 2.68. The van der Waals surface area contributed by atoms with Gasteiger partial charge in [0.1, 0.15) is 0 Å². The number of anilines is 1. The average Bonchev–Trinajstić information content (AvgIpc) is 2.54. The summed E-state index contributed by atoms with van der Waals surface area (Å²) in [5.74, 6) is 1.08. The van der Waals surface area contributed by atoms with Crippen LogP contribution in [-0.2, 0) is 4.79 Å². The number of fused-ring (bicyclic) bond motifs is 1. The Morgan fingerprint density at radius 2 is 1.96 bits per heavy atom. The zero-order valence-electron chi connectivity index (χ0n) is 14.0. The molecule has 5 heteroatoms. The van der Waals surface area contributed by atoms with Gasteiger partial charge in [0.05, 0.1) is 16.7 Å². The topological polar surface area (TPSA) is 58.1 Å². The van der Waals surface area contributed by atoms with E-state index < -0.39 is 0 Å². The van der Waals surface area contributed by atoms with Crippen molar-refractivity contribution in [2.75, 3.05) is 18.0 Å². The molecule has 1 unspecified atom stereocenters. The second-order valence-corrected chi connectivity index (χ2v) is 6.57. The Morgan fingerprint density at radius 1 is 1.26 bits per heavy atom. The van der Waals surface area contributed by atoms with Crippen molar-refractivity contribution in [1.29, 1.82) is 0 Å². The monoisotopic (exact) mass is 312 g/mol. The number of benzene rings is 1. The maximum atomic E-state index is 11.9. The fourth-order valence-electron chi connectivity index (χ4n) is 3.03. The molecular formula is C18H24N4O. The first-order valence-corrected chi connectivity index (χ1v) is 8.33. The molecule has 1 atom stereocenters. The van der Waals surface area contributed by atoms with Gasteiger partial charge in [0.25, 0.3) is 0 Å². The van der Waals surface area contributed by atoms with Crippen molar-refractivity contribution in [1.82, 2.24) is 15.3 Å². The molecule has 1 aromatic heterocycles. The van der Waals surface area contributed by atoms with Crippen LogP contribution in [0.25, 0.3) is 11.0 Å². The Bertz CT molecular complexity index is 713. The first-order chi connectivity index (χ1) is 11.0. The number of carbonyl (C=O) groups excluding carboxylic acids is 1. The lowest BCUT2D eigenvalue weighted by Gasteiger charge is -2.34. The van der Waals surface area contributed by atoms with Crippen LogP contribution >= 0.6 is 0 Å². The van der Waals surface area contributed by atoms with Gasteiger partial charge in [0.2, 0.25) is 5.91 Å². The molecule has 0 radical (unpaired) electrons. The van der Waals surface area contributed by atoms with Gasteiger partial charge >= 0.3 is 0 Å². The van der Waals surface area contributed by atoms with Gasteiger partial charge in [-0.05, 0) is 31.9 Å². The highest BCUT2D eigenvalue weighted by Gasteiger charge is 2.24. The Morgan fingerprint density at radius 3 is 2.65 bits per heavy atom. The molecule has 2 heterocycles. The molecular weight excluding hydrogens is 288 g/mol. The van der Waals surface area contributed by atoms with E-state index in [9.17, 15) is 4.79 Å². The van der Waals surface area contributed by atoms with Crippen LogP contribution in [0.3, 0.4) is 0 Å². The number of aryl methyl sites for hydroxylation is 1. The average molecular weight is 312 g/mol. The largest absolute Gasteiger partial charge is 0.353 e. The molecule has 1 amide bonds. The second kappa shape index (κ2) is 6.52. The molecule has 1 aliphatic heterocycles. The van der Waals surface area contributed by atoms with Crippen LogP contribution in [0.5, 0.6) is 0 Å². The van der Waals surface area contributed by atoms with Crippen molar-refractivity contribution in [3.05, 3.63) is 30.0 Å². The van der Waals surface area contributed by atoms with Crippen molar-refractivity contribution in [2.24, 2.45) is 5.92 Å². The lowest BCUT2D eigenvalue weighted by molar-refractivity contribution is -0.124. The molecule has 1 fully saturated rings. The van der Waals surface area contributed by atoms with E-state index in [0.29, 0.717) is 0 Å². The fraction of sp³-hybridized carbons (Fsp3) is 0.500. The first-order valence-electron chi connectivity index (χ1n) is 8.33. The van der Waals surface area contributed by atoms with Crippen LogP contribution in [0.1, 0.15) is 32.4 Å². The predicted molar refractivity (Wildman–Crippen MR) is 92.5 cm³/mol. The van der Waals surface area contributed by atoms with E-state index in [1.807, 2.05) is 45.0 Å². The molecule has 0 bridgehead atoms. The van der Waals surface area contributed by atoms with Crippen LogP contribution in [-0.4, -0.2) is 35.0 Å². The van der Waals surface area contributed by atoms with Gasteiger partial charge in [-0.1, -0.05) is 26.0 Å². The molecule has 0 aliphatic carbocycles. The number of carbonyl (C=O) groups is 1. The number of para-hydroxylation sites is 2. The van der Waals surface area contributed by atoms with E-state index in [1.54, 1.807) is 0 Å². The standard InChI is InChI=1S/C18H24N4O/c1-12(2)18(23)20-14-7-6-10-22(11-14)17-13(3)19-15-8-4-5-9-16(15)21-17/h4-5,8-9,12,14H,6-7,10-11H2,1-3H3,(H,20,23). The lowest BCUT2D eigenvalue weighted by atomic mass is 10.0. The van der Waals surface area contributed by atoms with E-state index in [-0.39, 0.29) is 17.9 Å². The van der Waals surface area contributed by atoms with Crippen molar-refractivity contribution < 1.29 is 4.79 Å². The van der Waals surface area contributed by atoms with Crippen LogP contribution in [0.4, 0.5) is 5.82 Å². The maximum absolute atomic E-state index is 11.9. The number of hydrogen-bond acceptors (Lipinski definition) is 4. The highest BCUT2D eigenvalue weighted by atomic mass is 16.1. The van der Waals surface area contributed by atoms with Gasteiger partial charge in [-0.15, -0.1) is 0 Å². The summed E-state index contributed by atoms with van der Waals surface area (Å²) in [6.45, 7) is 7.61. The number of hydrogen-bond donors (Lipinski definition) is 1. The smallest absolute Gasteiger partial charge is 0.222 e. The summed E-state index contributed by atoms with van der Waals surface area (Å²) in [4.78, 5) is 23.7. The van der Waals surface area contributed by atoms with Crippen molar-refractivity contribution >= 4 is 22.8 Å². The molecule has 0 saturated carbocycles.